The maximum Gasteiger partial charge on any atom is 0.413 e. The Labute approximate surface area is 211 Å². The van der Waals surface area contributed by atoms with Gasteiger partial charge in [0, 0.05) is 38.1 Å². The predicted molar refractivity (Wildman–Crippen MR) is 133 cm³/mol. The topological polar surface area (TPSA) is 139 Å². The Balaban J connectivity index is 1.43. The molecule has 0 saturated heterocycles. The van der Waals surface area contributed by atoms with Crippen LogP contribution in [0.4, 0.5) is 24.9 Å². The highest BCUT2D eigenvalue weighted by Gasteiger charge is 2.19. The number of aryl methyl sites for hydroxylation is 1. The van der Waals surface area contributed by atoms with Crippen molar-refractivity contribution in [2.75, 3.05) is 17.2 Å². The van der Waals surface area contributed by atoms with Gasteiger partial charge in [-0.1, -0.05) is 12.1 Å². The molecule has 0 radical (unpaired) electrons. The highest BCUT2D eigenvalue weighted by atomic mass is 32.1. The molecule has 3 aromatic rings. The summed E-state index contributed by atoms with van der Waals surface area (Å²) in [5, 5.41) is 12.7. The van der Waals surface area contributed by atoms with Gasteiger partial charge in [0.05, 0.1) is 5.69 Å². The number of rotatable bonds is 8. The van der Waals surface area contributed by atoms with E-state index >= 15 is 0 Å². The number of halogens is 1. The predicted octanol–water partition coefficient (Wildman–Crippen LogP) is 3.66. The number of hydrogen-bond donors (Lipinski definition) is 4. The van der Waals surface area contributed by atoms with Crippen molar-refractivity contribution in [3.8, 4) is 0 Å². The van der Waals surface area contributed by atoms with Crippen molar-refractivity contribution < 1.29 is 23.5 Å². The van der Waals surface area contributed by atoms with E-state index in [1.165, 1.54) is 34.2 Å². The molecule has 3 rings (SSSR count). The summed E-state index contributed by atoms with van der Waals surface area (Å²) in [4.78, 5) is 44.9. The standard InChI is InChI=1S/C23H28FN7O4S/c1-23(2,3)35-22(34)29-17-12-31(4)18(28-17)19(32)25-9-8-16-13-36-21(27-16)30-20(33)26-11-14-6-5-7-15(24)10-14/h5-7,10,12-13H,8-9,11H2,1-4H3,(H,25,32)(H,29,34)(H2,26,27,30,33). The Bertz CT molecular complexity index is 1240. The molecule has 0 aliphatic rings. The molecule has 0 aliphatic heterocycles. The average molecular weight is 518 g/mol. The van der Waals surface area contributed by atoms with E-state index in [1.807, 2.05) is 0 Å². The fourth-order valence-corrected chi connectivity index (χ4v) is 3.72. The molecule has 4 amide bonds. The molecule has 2 heterocycles. The molecule has 0 aliphatic carbocycles. The minimum Gasteiger partial charge on any atom is -0.444 e. The summed E-state index contributed by atoms with van der Waals surface area (Å²) >= 11 is 1.25. The SMILES string of the molecule is Cn1cc(NC(=O)OC(C)(C)C)nc1C(=O)NCCc1csc(NC(=O)NCc2cccc(F)c2)n1. The molecule has 13 heteroatoms. The summed E-state index contributed by atoms with van der Waals surface area (Å²) in [5.41, 5.74) is 0.672. The van der Waals surface area contributed by atoms with E-state index in [0.29, 0.717) is 22.8 Å². The molecule has 1 aromatic carbocycles. The van der Waals surface area contributed by atoms with Crippen molar-refractivity contribution in [1.82, 2.24) is 25.2 Å². The third kappa shape index (κ3) is 8.34. The van der Waals surface area contributed by atoms with Gasteiger partial charge in [0.2, 0.25) is 5.82 Å². The fraction of sp³-hybridized carbons (Fsp3) is 0.348. The quantitative estimate of drug-likeness (QED) is 0.360. The van der Waals surface area contributed by atoms with Crippen molar-refractivity contribution >= 4 is 40.3 Å². The number of aromatic nitrogens is 3. The lowest BCUT2D eigenvalue weighted by Gasteiger charge is -2.18. The number of nitrogens with one attached hydrogen (secondary N) is 4. The number of benzene rings is 1. The molecule has 0 atom stereocenters. The maximum atomic E-state index is 13.2. The molecule has 0 saturated carbocycles. The van der Waals surface area contributed by atoms with E-state index in [4.69, 9.17) is 4.74 Å². The van der Waals surface area contributed by atoms with Crippen molar-refractivity contribution in [2.24, 2.45) is 7.05 Å². The van der Waals surface area contributed by atoms with Crippen LogP contribution in [0.25, 0.3) is 0 Å². The number of amides is 4. The Morgan fingerprint density at radius 3 is 2.64 bits per heavy atom. The normalized spacial score (nSPS) is 11.0. The summed E-state index contributed by atoms with van der Waals surface area (Å²) in [6.07, 6.45) is 1.28. The second-order valence-electron chi connectivity index (χ2n) is 8.78. The summed E-state index contributed by atoms with van der Waals surface area (Å²) in [5.74, 6) is -0.466. The Hall–Kier alpha value is -4.00. The Kier molecular flexibility index (Phi) is 8.59. The third-order valence-corrected chi connectivity index (χ3v) is 5.30. The molecule has 0 spiro atoms. The van der Waals surface area contributed by atoms with Crippen molar-refractivity contribution in [3.05, 3.63) is 58.7 Å². The maximum absolute atomic E-state index is 13.2. The lowest BCUT2D eigenvalue weighted by Crippen LogP contribution is -2.29. The van der Waals surface area contributed by atoms with E-state index in [1.54, 1.807) is 45.3 Å². The summed E-state index contributed by atoms with van der Waals surface area (Å²) < 4.78 is 19.9. The number of carbonyl (C=O) groups is 3. The van der Waals surface area contributed by atoms with Crippen LogP contribution in [0.5, 0.6) is 0 Å². The van der Waals surface area contributed by atoms with Crippen molar-refractivity contribution in [2.45, 2.75) is 39.3 Å². The van der Waals surface area contributed by atoms with Crippen LogP contribution in [-0.2, 0) is 24.8 Å². The molecular weight excluding hydrogens is 489 g/mol. The first kappa shape index (κ1) is 26.6. The number of urea groups is 1. The highest BCUT2D eigenvalue weighted by molar-refractivity contribution is 7.13. The van der Waals surface area contributed by atoms with Gasteiger partial charge in [-0.25, -0.2) is 23.9 Å². The number of imidazole rings is 1. The van der Waals surface area contributed by atoms with Gasteiger partial charge >= 0.3 is 12.1 Å². The van der Waals surface area contributed by atoms with Gasteiger partial charge in [0.25, 0.3) is 5.91 Å². The summed E-state index contributed by atoms with van der Waals surface area (Å²) in [7, 11) is 1.64. The molecule has 0 bridgehead atoms. The number of hydrogen-bond acceptors (Lipinski definition) is 7. The van der Waals surface area contributed by atoms with Gasteiger partial charge in [0.1, 0.15) is 11.4 Å². The van der Waals surface area contributed by atoms with Crippen LogP contribution in [0, 0.1) is 5.82 Å². The average Bonchev–Trinajstić information content (AvgIpc) is 3.36. The second kappa shape index (κ2) is 11.6. The first-order chi connectivity index (χ1) is 17.0. The zero-order chi connectivity index (χ0) is 26.3. The lowest BCUT2D eigenvalue weighted by molar-refractivity contribution is 0.0635. The zero-order valence-corrected chi connectivity index (χ0v) is 21.2. The molecule has 192 valence electrons. The van der Waals surface area contributed by atoms with Crippen LogP contribution >= 0.6 is 11.3 Å². The highest BCUT2D eigenvalue weighted by Crippen LogP contribution is 2.16. The van der Waals surface area contributed by atoms with E-state index in [9.17, 15) is 18.8 Å². The fourth-order valence-electron chi connectivity index (χ4n) is 2.98. The van der Waals surface area contributed by atoms with Crippen LogP contribution in [-0.4, -0.2) is 44.7 Å². The molecule has 11 nitrogen and oxygen atoms in total. The van der Waals surface area contributed by atoms with Crippen LogP contribution < -0.4 is 21.3 Å². The molecule has 4 N–H and O–H groups in total. The van der Waals surface area contributed by atoms with Gasteiger partial charge in [-0.2, -0.15) is 0 Å². The molecule has 36 heavy (non-hydrogen) atoms. The first-order valence-electron chi connectivity index (χ1n) is 11.0. The van der Waals surface area contributed by atoms with Crippen LogP contribution in [0.15, 0.2) is 35.8 Å². The van der Waals surface area contributed by atoms with E-state index < -0.39 is 23.6 Å². The number of nitrogens with zero attached hydrogens (tertiary/aromatic N) is 3. The Morgan fingerprint density at radius 1 is 1.14 bits per heavy atom. The van der Waals surface area contributed by atoms with Crippen LogP contribution in [0.1, 0.15) is 42.6 Å². The van der Waals surface area contributed by atoms with Gasteiger partial charge in [-0.15, -0.1) is 11.3 Å². The number of ether oxygens (including phenoxy) is 1. The first-order valence-corrected chi connectivity index (χ1v) is 11.9. The molecule has 2 aromatic heterocycles. The lowest BCUT2D eigenvalue weighted by atomic mass is 10.2. The monoisotopic (exact) mass is 517 g/mol. The van der Waals surface area contributed by atoms with Crippen molar-refractivity contribution in [3.63, 3.8) is 0 Å². The smallest absolute Gasteiger partial charge is 0.413 e. The number of thiazole rings is 1. The second-order valence-corrected chi connectivity index (χ2v) is 9.63. The third-order valence-electron chi connectivity index (χ3n) is 4.49. The number of anilines is 2. The Morgan fingerprint density at radius 2 is 1.92 bits per heavy atom. The molecule has 0 fully saturated rings. The molecule has 0 unspecified atom stereocenters. The van der Waals surface area contributed by atoms with Crippen LogP contribution in [0.3, 0.4) is 0 Å². The van der Waals surface area contributed by atoms with E-state index in [2.05, 4.69) is 31.2 Å². The van der Waals surface area contributed by atoms with Crippen molar-refractivity contribution in [1.29, 1.82) is 0 Å². The molecular formula is C23H28FN7O4S. The zero-order valence-electron chi connectivity index (χ0n) is 20.3. The van der Waals surface area contributed by atoms with Gasteiger partial charge < -0.3 is 19.9 Å². The van der Waals surface area contributed by atoms with Gasteiger partial charge in [0.15, 0.2) is 10.9 Å². The van der Waals surface area contributed by atoms with Gasteiger partial charge in [-0.05, 0) is 38.5 Å². The summed E-state index contributed by atoms with van der Waals surface area (Å²) in [6, 6.07) is 5.51. The largest absolute Gasteiger partial charge is 0.444 e. The van der Waals surface area contributed by atoms with E-state index in [0.717, 1.165) is 0 Å². The van der Waals surface area contributed by atoms with Gasteiger partial charge in [-0.3, -0.25) is 15.4 Å². The van der Waals surface area contributed by atoms with Crippen LogP contribution in [0.2, 0.25) is 0 Å². The number of carbonyl (C=O) groups excluding carboxylic acids is 3. The summed E-state index contributed by atoms with van der Waals surface area (Å²) in [6.45, 7) is 5.70. The minimum atomic E-state index is -0.664. The minimum absolute atomic E-state index is 0.122. The van der Waals surface area contributed by atoms with E-state index in [-0.39, 0.29) is 30.5 Å².